The molecule has 1 aromatic heterocycles. The van der Waals surface area contributed by atoms with Crippen LogP contribution in [0.2, 0.25) is 5.02 Å². The average molecular weight is 324 g/mol. The normalized spacial score (nSPS) is 19.0. The minimum atomic E-state index is 0. The van der Waals surface area contributed by atoms with E-state index in [0.717, 1.165) is 31.2 Å². The summed E-state index contributed by atoms with van der Waals surface area (Å²) in [5.41, 5.74) is 2.44. The third-order valence-corrected chi connectivity index (χ3v) is 4.07. The Bertz CT molecular complexity index is 562. The summed E-state index contributed by atoms with van der Waals surface area (Å²) < 4.78 is 0. The lowest BCUT2D eigenvalue weighted by Crippen LogP contribution is -2.45. The van der Waals surface area contributed by atoms with Crippen molar-refractivity contribution in [2.45, 2.75) is 12.6 Å². The quantitative estimate of drug-likeness (QED) is 0.939. The Morgan fingerprint density at radius 3 is 2.86 bits per heavy atom. The molecule has 0 radical (unpaired) electrons. The first-order valence-corrected chi connectivity index (χ1v) is 7.30. The molecule has 1 aliphatic heterocycles. The molecular formula is C16H19Cl2N3. The topological polar surface area (TPSA) is 28.2 Å². The van der Waals surface area contributed by atoms with Crippen LogP contribution in [0, 0.1) is 0 Å². The number of pyridine rings is 1. The van der Waals surface area contributed by atoms with E-state index in [9.17, 15) is 0 Å². The lowest BCUT2D eigenvalue weighted by Gasteiger charge is -2.36. The first kappa shape index (κ1) is 16.2. The Kier molecular flexibility index (Phi) is 6.00. The molecule has 1 aromatic carbocycles. The van der Waals surface area contributed by atoms with Crippen molar-refractivity contribution >= 4 is 24.0 Å². The fraction of sp³-hybridized carbons (Fsp3) is 0.312. The van der Waals surface area contributed by atoms with Crippen molar-refractivity contribution in [2.24, 2.45) is 0 Å². The lowest BCUT2D eigenvalue weighted by molar-refractivity contribution is 0.153. The van der Waals surface area contributed by atoms with E-state index in [0.29, 0.717) is 6.04 Å². The van der Waals surface area contributed by atoms with E-state index in [1.807, 2.05) is 30.6 Å². The van der Waals surface area contributed by atoms with Crippen LogP contribution in [0.25, 0.3) is 0 Å². The van der Waals surface area contributed by atoms with Crippen LogP contribution in [-0.2, 0) is 6.54 Å². The Balaban J connectivity index is 0.00000161. The van der Waals surface area contributed by atoms with Gasteiger partial charge in [-0.1, -0.05) is 35.9 Å². The van der Waals surface area contributed by atoms with E-state index in [4.69, 9.17) is 11.6 Å². The number of aromatic nitrogens is 1. The number of benzene rings is 1. The molecule has 3 rings (SSSR count). The highest BCUT2D eigenvalue weighted by Gasteiger charge is 2.25. The van der Waals surface area contributed by atoms with Crippen LogP contribution >= 0.6 is 24.0 Å². The molecule has 0 amide bonds. The summed E-state index contributed by atoms with van der Waals surface area (Å²) in [4.78, 5) is 6.66. The van der Waals surface area contributed by atoms with E-state index in [-0.39, 0.29) is 12.4 Å². The van der Waals surface area contributed by atoms with E-state index < -0.39 is 0 Å². The lowest BCUT2D eigenvalue weighted by atomic mass is 10.0. The molecule has 1 N–H and O–H groups in total. The predicted molar refractivity (Wildman–Crippen MR) is 89.0 cm³/mol. The van der Waals surface area contributed by atoms with Gasteiger partial charge in [0.2, 0.25) is 0 Å². The maximum atomic E-state index is 6.36. The van der Waals surface area contributed by atoms with E-state index >= 15 is 0 Å². The number of hydrogen-bond donors (Lipinski definition) is 1. The standard InChI is InChI=1S/C16H18ClN3.ClH/c17-15-6-2-1-5-14(15)16-11-19-8-9-20(16)12-13-4-3-7-18-10-13;/h1-7,10,16,19H,8-9,11-12H2;1H. The number of rotatable bonds is 3. The Hall–Kier alpha value is -1.13. The highest BCUT2D eigenvalue weighted by molar-refractivity contribution is 6.31. The van der Waals surface area contributed by atoms with Gasteiger partial charge in [-0.05, 0) is 23.3 Å². The molecule has 0 spiro atoms. The Morgan fingerprint density at radius 1 is 1.24 bits per heavy atom. The third-order valence-electron chi connectivity index (χ3n) is 3.73. The van der Waals surface area contributed by atoms with E-state index in [1.165, 1.54) is 11.1 Å². The monoisotopic (exact) mass is 323 g/mol. The van der Waals surface area contributed by atoms with Crippen molar-refractivity contribution in [3.8, 4) is 0 Å². The minimum Gasteiger partial charge on any atom is -0.314 e. The maximum Gasteiger partial charge on any atom is 0.0491 e. The van der Waals surface area contributed by atoms with Crippen molar-refractivity contribution in [1.82, 2.24) is 15.2 Å². The molecule has 3 nitrogen and oxygen atoms in total. The summed E-state index contributed by atoms with van der Waals surface area (Å²) in [5.74, 6) is 0. The van der Waals surface area contributed by atoms with Crippen molar-refractivity contribution < 1.29 is 0 Å². The second kappa shape index (κ2) is 7.76. The summed E-state index contributed by atoms with van der Waals surface area (Å²) in [6.07, 6.45) is 3.75. The highest BCUT2D eigenvalue weighted by atomic mass is 35.5. The smallest absolute Gasteiger partial charge is 0.0491 e. The first-order valence-electron chi connectivity index (χ1n) is 6.92. The van der Waals surface area contributed by atoms with E-state index in [1.54, 1.807) is 0 Å². The van der Waals surface area contributed by atoms with Gasteiger partial charge in [-0.25, -0.2) is 0 Å². The van der Waals surface area contributed by atoms with Gasteiger partial charge in [0, 0.05) is 49.6 Å². The Labute approximate surface area is 136 Å². The van der Waals surface area contributed by atoms with Crippen molar-refractivity contribution in [3.63, 3.8) is 0 Å². The fourth-order valence-corrected chi connectivity index (χ4v) is 2.98. The van der Waals surface area contributed by atoms with Crippen LogP contribution < -0.4 is 5.32 Å². The van der Waals surface area contributed by atoms with Crippen LogP contribution in [0.3, 0.4) is 0 Å². The van der Waals surface area contributed by atoms with Gasteiger partial charge in [0.15, 0.2) is 0 Å². The molecule has 1 unspecified atom stereocenters. The zero-order chi connectivity index (χ0) is 13.8. The highest BCUT2D eigenvalue weighted by Crippen LogP contribution is 2.29. The molecular weight excluding hydrogens is 305 g/mol. The van der Waals surface area contributed by atoms with Crippen LogP contribution in [-0.4, -0.2) is 29.5 Å². The molecule has 1 atom stereocenters. The molecule has 2 aromatic rings. The zero-order valence-corrected chi connectivity index (χ0v) is 13.3. The van der Waals surface area contributed by atoms with Gasteiger partial charge < -0.3 is 5.32 Å². The molecule has 0 aliphatic carbocycles. The molecule has 5 heteroatoms. The van der Waals surface area contributed by atoms with Gasteiger partial charge in [-0.2, -0.15) is 0 Å². The summed E-state index contributed by atoms with van der Waals surface area (Å²) >= 11 is 6.36. The Morgan fingerprint density at radius 2 is 2.10 bits per heavy atom. The molecule has 1 fully saturated rings. The molecule has 0 saturated carbocycles. The molecule has 2 heterocycles. The van der Waals surface area contributed by atoms with Crippen molar-refractivity contribution in [3.05, 3.63) is 64.9 Å². The van der Waals surface area contributed by atoms with Gasteiger partial charge in [0.05, 0.1) is 0 Å². The molecule has 112 valence electrons. The summed E-state index contributed by atoms with van der Waals surface area (Å²) in [6, 6.07) is 12.5. The van der Waals surface area contributed by atoms with Crippen LogP contribution in [0.1, 0.15) is 17.2 Å². The minimum absolute atomic E-state index is 0. The van der Waals surface area contributed by atoms with Crippen LogP contribution in [0.15, 0.2) is 48.8 Å². The summed E-state index contributed by atoms with van der Waals surface area (Å²) in [6.45, 7) is 3.88. The second-order valence-corrected chi connectivity index (χ2v) is 5.48. The predicted octanol–water partition coefficient (Wildman–Crippen LogP) is 3.30. The molecule has 0 bridgehead atoms. The number of piperazine rings is 1. The van der Waals surface area contributed by atoms with Gasteiger partial charge in [0.1, 0.15) is 0 Å². The van der Waals surface area contributed by atoms with Crippen molar-refractivity contribution in [2.75, 3.05) is 19.6 Å². The van der Waals surface area contributed by atoms with Crippen molar-refractivity contribution in [1.29, 1.82) is 0 Å². The average Bonchev–Trinajstić information content (AvgIpc) is 2.50. The molecule has 1 saturated heterocycles. The molecule has 21 heavy (non-hydrogen) atoms. The third kappa shape index (κ3) is 3.95. The van der Waals surface area contributed by atoms with Gasteiger partial charge >= 0.3 is 0 Å². The number of hydrogen-bond acceptors (Lipinski definition) is 3. The van der Waals surface area contributed by atoms with Crippen LogP contribution in [0.4, 0.5) is 0 Å². The maximum absolute atomic E-state index is 6.36. The summed E-state index contributed by atoms with van der Waals surface area (Å²) in [5, 5.41) is 4.31. The first-order chi connectivity index (χ1) is 9.84. The fourth-order valence-electron chi connectivity index (χ4n) is 2.71. The number of nitrogens with one attached hydrogen (secondary N) is 1. The largest absolute Gasteiger partial charge is 0.314 e. The van der Waals surface area contributed by atoms with Gasteiger partial charge in [-0.3, -0.25) is 9.88 Å². The number of halogens is 2. The summed E-state index contributed by atoms with van der Waals surface area (Å²) in [7, 11) is 0. The SMILES string of the molecule is Cl.Clc1ccccc1C1CNCCN1Cc1cccnc1. The number of nitrogens with zero attached hydrogens (tertiary/aromatic N) is 2. The van der Waals surface area contributed by atoms with Crippen LogP contribution in [0.5, 0.6) is 0 Å². The van der Waals surface area contributed by atoms with E-state index in [2.05, 4.69) is 33.4 Å². The second-order valence-electron chi connectivity index (χ2n) is 5.07. The zero-order valence-electron chi connectivity index (χ0n) is 11.7. The van der Waals surface area contributed by atoms with Gasteiger partial charge in [-0.15, -0.1) is 12.4 Å². The molecule has 1 aliphatic rings. The van der Waals surface area contributed by atoms with Gasteiger partial charge in [0.25, 0.3) is 0 Å².